The molecule has 3 fully saturated rings. The lowest BCUT2D eigenvalue weighted by Gasteiger charge is -2.32. The Kier molecular flexibility index (Phi) is 11.3. The van der Waals surface area contributed by atoms with Crippen molar-refractivity contribution in [2.75, 3.05) is 33.4 Å². The average Bonchev–Trinajstić information content (AvgIpc) is 3.53. The van der Waals surface area contributed by atoms with Crippen LogP contribution in [0.5, 0.6) is 5.75 Å². The van der Waals surface area contributed by atoms with E-state index in [0.717, 1.165) is 25.7 Å². The van der Waals surface area contributed by atoms with E-state index in [1.807, 2.05) is 0 Å². The number of ether oxygens (including phenoxy) is 2. The number of carbonyl (C=O) groups excluding carboxylic acids is 5. The smallest absolute Gasteiger partial charge is 0.283 e. The summed E-state index contributed by atoms with van der Waals surface area (Å²) >= 11 is -1.53. The molecule has 3 aliphatic rings. The second-order valence-electron chi connectivity index (χ2n) is 11.4. The van der Waals surface area contributed by atoms with Gasteiger partial charge in [0.15, 0.2) is 6.61 Å². The molecule has 1 saturated carbocycles. The highest BCUT2D eigenvalue weighted by Crippen LogP contribution is 2.28. The lowest BCUT2D eigenvalue weighted by atomic mass is 9.94. The van der Waals surface area contributed by atoms with Gasteiger partial charge in [-0.15, -0.1) is 0 Å². The number of primary amides is 1. The summed E-state index contributed by atoms with van der Waals surface area (Å²) in [6, 6.07) is 5.52. The molecule has 4 N–H and O–H groups in total. The van der Waals surface area contributed by atoms with E-state index in [0.29, 0.717) is 37.2 Å². The Morgan fingerprint density at radius 3 is 2.44 bits per heavy atom. The van der Waals surface area contributed by atoms with Crippen molar-refractivity contribution in [3.63, 3.8) is 0 Å². The van der Waals surface area contributed by atoms with Crippen molar-refractivity contribution in [3.05, 3.63) is 29.8 Å². The summed E-state index contributed by atoms with van der Waals surface area (Å²) in [6.45, 7) is 2.85. The minimum atomic E-state index is -1.53. The predicted octanol–water partition coefficient (Wildman–Crippen LogP) is -0.359. The highest BCUT2D eigenvalue weighted by molar-refractivity contribution is 7.90. The minimum Gasteiger partial charge on any atom is -0.593 e. The summed E-state index contributed by atoms with van der Waals surface area (Å²) in [5.74, 6) is -2.19. The van der Waals surface area contributed by atoms with Crippen molar-refractivity contribution >= 4 is 41.4 Å². The molecule has 1 aliphatic carbocycles. The van der Waals surface area contributed by atoms with E-state index in [1.165, 1.54) is 7.11 Å². The third kappa shape index (κ3) is 8.61. The van der Waals surface area contributed by atoms with Crippen molar-refractivity contribution in [1.29, 1.82) is 0 Å². The van der Waals surface area contributed by atoms with Gasteiger partial charge in [-0.3, -0.25) is 24.0 Å². The minimum absolute atomic E-state index is 0.0739. The molecular weight excluding hydrogens is 578 g/mol. The van der Waals surface area contributed by atoms with Crippen LogP contribution in [0.2, 0.25) is 0 Å². The number of hydrogen-bond donors (Lipinski definition) is 3. The van der Waals surface area contributed by atoms with E-state index in [2.05, 4.69) is 10.0 Å². The summed E-state index contributed by atoms with van der Waals surface area (Å²) in [4.78, 5) is 65.1. The van der Waals surface area contributed by atoms with Crippen LogP contribution in [0, 0.1) is 11.8 Å². The lowest BCUT2D eigenvalue weighted by Crippen LogP contribution is -2.54. The van der Waals surface area contributed by atoms with Crippen LogP contribution in [-0.2, 0) is 46.5 Å². The molecular formula is C29H41N5O8S. The number of nitrogens with one attached hydrogen (secondary N) is 2. The molecule has 6 atom stereocenters. The first kappa shape index (κ1) is 32.6. The number of benzene rings is 1. The van der Waals surface area contributed by atoms with Crippen LogP contribution in [0.3, 0.4) is 0 Å². The van der Waals surface area contributed by atoms with Gasteiger partial charge < -0.3 is 34.9 Å². The molecule has 13 nitrogen and oxygen atoms in total. The van der Waals surface area contributed by atoms with Crippen LogP contribution in [0.25, 0.3) is 0 Å². The highest BCUT2D eigenvalue weighted by atomic mass is 32.2. The topological polar surface area (TPSA) is 183 Å². The molecule has 14 heteroatoms. The van der Waals surface area contributed by atoms with Crippen molar-refractivity contribution in [3.8, 4) is 5.75 Å². The Morgan fingerprint density at radius 2 is 1.84 bits per heavy atom. The second-order valence-corrected chi connectivity index (χ2v) is 12.9. The number of nitrogens with zero attached hydrogens (tertiary/aromatic N) is 2. The summed E-state index contributed by atoms with van der Waals surface area (Å²) in [5.41, 5.74) is 6.05. The Morgan fingerprint density at radius 1 is 1.12 bits per heavy atom. The van der Waals surface area contributed by atoms with Crippen LogP contribution in [0.4, 0.5) is 0 Å². The van der Waals surface area contributed by atoms with Gasteiger partial charge in [0.25, 0.3) is 11.8 Å². The maximum absolute atomic E-state index is 13.4. The van der Waals surface area contributed by atoms with E-state index in [4.69, 9.17) is 15.2 Å². The molecule has 236 valence electrons. The molecule has 0 spiro atoms. The summed E-state index contributed by atoms with van der Waals surface area (Å²) in [7, 11) is 1.50. The Bertz CT molecular complexity index is 1170. The molecule has 5 amide bonds. The maximum atomic E-state index is 13.4. The van der Waals surface area contributed by atoms with Crippen LogP contribution < -0.4 is 20.5 Å². The molecule has 43 heavy (non-hydrogen) atoms. The van der Waals surface area contributed by atoms with Gasteiger partial charge in [-0.05, 0) is 37.0 Å². The first-order valence-corrected chi connectivity index (χ1v) is 15.9. The SMILES string of the molecule is CO[C@H](C(C)C(=O)NC(Cc1ccc(OCC(=O)N2CCC(C(N)=O)C2)cc1)C(=O)N[S+]([O-])C1CC1)C1CCCN1C=O. The van der Waals surface area contributed by atoms with E-state index >= 15 is 0 Å². The number of nitrogens with two attached hydrogens (primary N) is 1. The van der Waals surface area contributed by atoms with E-state index in [9.17, 15) is 28.5 Å². The van der Waals surface area contributed by atoms with Gasteiger partial charge in [-0.25, -0.2) is 0 Å². The molecule has 0 bridgehead atoms. The van der Waals surface area contributed by atoms with Crippen LogP contribution >= 0.6 is 0 Å². The Labute approximate surface area is 254 Å². The predicted molar refractivity (Wildman–Crippen MR) is 157 cm³/mol. The number of rotatable bonds is 15. The number of hydrogen-bond acceptors (Lipinski definition) is 8. The fourth-order valence-corrected chi connectivity index (χ4v) is 6.67. The summed E-state index contributed by atoms with van der Waals surface area (Å²) < 4.78 is 26.3. The monoisotopic (exact) mass is 619 g/mol. The molecule has 1 aromatic carbocycles. The largest absolute Gasteiger partial charge is 0.593 e. The van der Waals surface area contributed by atoms with Gasteiger partial charge in [-0.2, -0.15) is 4.72 Å². The zero-order valence-corrected chi connectivity index (χ0v) is 25.4. The van der Waals surface area contributed by atoms with Crippen molar-refractivity contribution in [2.45, 2.75) is 68.9 Å². The lowest BCUT2D eigenvalue weighted by molar-refractivity contribution is -0.136. The number of amides is 5. The van der Waals surface area contributed by atoms with Crippen LogP contribution in [0.1, 0.15) is 44.6 Å². The van der Waals surface area contributed by atoms with Crippen LogP contribution in [0.15, 0.2) is 24.3 Å². The number of methoxy groups -OCH3 is 1. The number of carbonyl (C=O) groups is 5. The van der Waals surface area contributed by atoms with Crippen molar-refractivity contribution < 1.29 is 38.0 Å². The van der Waals surface area contributed by atoms with Gasteiger partial charge >= 0.3 is 0 Å². The van der Waals surface area contributed by atoms with E-state index in [1.54, 1.807) is 41.0 Å². The van der Waals surface area contributed by atoms with Gasteiger partial charge in [0.1, 0.15) is 17.0 Å². The first-order valence-electron chi connectivity index (χ1n) is 14.6. The van der Waals surface area contributed by atoms with Crippen molar-refractivity contribution in [1.82, 2.24) is 19.8 Å². The maximum Gasteiger partial charge on any atom is 0.283 e. The van der Waals surface area contributed by atoms with E-state index < -0.39 is 47.1 Å². The average molecular weight is 620 g/mol. The van der Waals surface area contributed by atoms with Gasteiger partial charge in [0, 0.05) is 46.0 Å². The quantitative estimate of drug-likeness (QED) is 0.176. The normalized spacial score (nSPS) is 22.8. The Hall–Kier alpha value is -3.36. The second kappa shape index (κ2) is 14.9. The fraction of sp³-hybridized carbons (Fsp3) is 0.621. The third-order valence-corrected chi connectivity index (χ3v) is 9.84. The van der Waals surface area contributed by atoms with Gasteiger partial charge in [-0.1, -0.05) is 19.1 Å². The van der Waals surface area contributed by atoms with Crippen molar-refractivity contribution in [2.24, 2.45) is 17.6 Å². The molecule has 2 aliphatic heterocycles. The first-order chi connectivity index (χ1) is 20.6. The molecule has 1 aromatic rings. The molecule has 5 unspecified atom stereocenters. The highest BCUT2D eigenvalue weighted by Gasteiger charge is 2.40. The van der Waals surface area contributed by atoms with E-state index in [-0.39, 0.29) is 42.7 Å². The molecule has 0 aromatic heterocycles. The third-order valence-electron chi connectivity index (χ3n) is 8.37. The molecule has 4 rings (SSSR count). The summed E-state index contributed by atoms with van der Waals surface area (Å²) in [5, 5.41) is 2.74. The zero-order chi connectivity index (χ0) is 31.1. The molecule has 0 radical (unpaired) electrons. The zero-order valence-electron chi connectivity index (χ0n) is 24.6. The summed E-state index contributed by atoms with van der Waals surface area (Å²) in [6.07, 6.45) is 3.96. The van der Waals surface area contributed by atoms with Gasteiger partial charge in [0.2, 0.25) is 18.2 Å². The Balaban J connectivity index is 1.37. The molecule has 2 saturated heterocycles. The molecule has 2 heterocycles. The standard InChI is InChI=1S/C29H41N5O8S/c1-18(26(41-2)24-4-3-12-34(24)17-35)28(38)31-23(29(39)32-43(40)22-9-10-22)14-19-5-7-21(8-6-19)42-16-25(36)33-13-11-20(15-33)27(30)37/h5-8,17-18,20,22-24,26H,3-4,9-16H2,1-2H3,(H2,30,37)(H,31,38)(H,32,39)/t18?,20?,23?,24?,26-,43?/m1/s1. The van der Waals surface area contributed by atoms with Gasteiger partial charge in [0.05, 0.1) is 35.3 Å². The van der Waals surface area contributed by atoms with Crippen LogP contribution in [-0.4, -0.2) is 101 Å². The fourth-order valence-electron chi connectivity index (χ4n) is 5.60. The number of likely N-dealkylation sites (tertiary alicyclic amines) is 2.